The average Bonchev–Trinajstić information content (AvgIpc) is 2.74. The molecule has 0 spiro atoms. The molecule has 2 rings (SSSR count). The first kappa shape index (κ1) is 8.43. The monoisotopic (exact) mass is 189 g/mol. The summed E-state index contributed by atoms with van der Waals surface area (Å²) < 4.78 is 4.57. The highest BCUT2D eigenvalue weighted by atomic mass is 16.5. The second kappa shape index (κ2) is 3.69. The van der Waals surface area contributed by atoms with Crippen LogP contribution in [-0.4, -0.2) is 21.3 Å². The quantitative estimate of drug-likeness (QED) is 0.439. The van der Waals surface area contributed by atoms with Gasteiger partial charge in [0.25, 0.3) is 0 Å². The molecule has 0 saturated heterocycles. The predicted molar refractivity (Wildman–Crippen MR) is 48.2 cm³/mol. The molecule has 1 aromatic carbocycles. The summed E-state index contributed by atoms with van der Waals surface area (Å²) in [5, 5.41) is 18.9. The van der Waals surface area contributed by atoms with E-state index in [-0.39, 0.29) is 0 Å². The van der Waals surface area contributed by atoms with Crippen molar-refractivity contribution >= 4 is 5.71 Å². The number of aromatic nitrogens is 2. The van der Waals surface area contributed by atoms with Crippen LogP contribution in [0.3, 0.4) is 0 Å². The lowest BCUT2D eigenvalue weighted by Crippen LogP contribution is -2.03. The van der Waals surface area contributed by atoms with Crippen LogP contribution in [0.1, 0.15) is 11.3 Å². The van der Waals surface area contributed by atoms with E-state index in [1.807, 2.05) is 30.3 Å². The maximum Gasteiger partial charge on any atom is 0.156 e. The molecule has 0 atom stereocenters. The van der Waals surface area contributed by atoms with E-state index >= 15 is 0 Å². The summed E-state index contributed by atoms with van der Waals surface area (Å²) >= 11 is 0. The number of nitrogens with zero attached hydrogens (tertiary/aromatic N) is 3. The Bertz CT molecular complexity index is 423. The fourth-order valence-electron chi connectivity index (χ4n) is 1.12. The van der Waals surface area contributed by atoms with Gasteiger partial charge in [0.15, 0.2) is 12.0 Å². The van der Waals surface area contributed by atoms with Crippen LogP contribution in [0.25, 0.3) is 0 Å². The Morgan fingerprint density at radius 2 is 2.07 bits per heavy atom. The summed E-state index contributed by atoms with van der Waals surface area (Å²) in [5.74, 6) is 0. The van der Waals surface area contributed by atoms with E-state index < -0.39 is 0 Å². The number of benzene rings is 1. The van der Waals surface area contributed by atoms with E-state index in [9.17, 15) is 0 Å². The highest BCUT2D eigenvalue weighted by Gasteiger charge is 2.10. The first-order valence-corrected chi connectivity index (χ1v) is 3.96. The molecule has 1 aromatic heterocycles. The first-order chi connectivity index (χ1) is 6.92. The van der Waals surface area contributed by atoms with Crippen LogP contribution < -0.4 is 0 Å². The third kappa shape index (κ3) is 1.47. The number of hydrogen-bond acceptors (Lipinski definition) is 5. The molecule has 5 nitrogen and oxygen atoms in total. The zero-order valence-corrected chi connectivity index (χ0v) is 7.16. The summed E-state index contributed by atoms with van der Waals surface area (Å²) in [4.78, 5) is 0. The number of oxime groups is 1. The van der Waals surface area contributed by atoms with E-state index in [0.29, 0.717) is 11.4 Å². The molecule has 0 unspecified atom stereocenters. The Labute approximate surface area is 79.7 Å². The molecule has 0 aliphatic heterocycles. The van der Waals surface area contributed by atoms with Gasteiger partial charge in [-0.3, -0.25) is 0 Å². The van der Waals surface area contributed by atoms with Crippen molar-refractivity contribution in [3.05, 3.63) is 47.9 Å². The zero-order chi connectivity index (χ0) is 9.80. The van der Waals surface area contributed by atoms with Crippen molar-refractivity contribution in [1.82, 2.24) is 10.4 Å². The fourth-order valence-corrected chi connectivity index (χ4v) is 1.12. The van der Waals surface area contributed by atoms with E-state index in [0.717, 1.165) is 5.56 Å². The maximum atomic E-state index is 8.83. The van der Waals surface area contributed by atoms with Gasteiger partial charge in [0, 0.05) is 10.8 Å². The molecular formula is C9H7N3O2. The second-order valence-electron chi connectivity index (χ2n) is 2.60. The molecule has 2 aromatic rings. The van der Waals surface area contributed by atoms with Crippen LogP contribution in [-0.2, 0) is 0 Å². The molecule has 14 heavy (non-hydrogen) atoms. The Kier molecular flexibility index (Phi) is 2.22. The smallest absolute Gasteiger partial charge is 0.156 e. The van der Waals surface area contributed by atoms with Crippen molar-refractivity contribution in [1.29, 1.82) is 0 Å². The minimum absolute atomic E-state index is 0.340. The molecule has 0 amide bonds. The van der Waals surface area contributed by atoms with Gasteiger partial charge in [0.2, 0.25) is 0 Å². The van der Waals surface area contributed by atoms with Gasteiger partial charge in [-0.15, -0.1) is 5.10 Å². The number of rotatable bonds is 2. The standard InChI is InChI=1S/C9H7N3O2/c13-11-9(8-6-14-12-10-8)7-4-2-1-3-5-7/h1-6,13H. The minimum Gasteiger partial charge on any atom is -0.410 e. The summed E-state index contributed by atoms with van der Waals surface area (Å²) in [6, 6.07) is 9.18. The van der Waals surface area contributed by atoms with Gasteiger partial charge in [0.05, 0.1) is 0 Å². The summed E-state index contributed by atoms with van der Waals surface area (Å²) in [5.41, 5.74) is 1.50. The van der Waals surface area contributed by atoms with Crippen molar-refractivity contribution in [3.8, 4) is 0 Å². The highest BCUT2D eigenvalue weighted by Crippen LogP contribution is 2.07. The minimum atomic E-state index is 0.340. The summed E-state index contributed by atoms with van der Waals surface area (Å²) in [6.45, 7) is 0. The lowest BCUT2D eigenvalue weighted by molar-refractivity contribution is 0.319. The molecule has 70 valence electrons. The molecule has 1 heterocycles. The summed E-state index contributed by atoms with van der Waals surface area (Å²) in [7, 11) is 0. The topological polar surface area (TPSA) is 71.5 Å². The Morgan fingerprint density at radius 1 is 1.29 bits per heavy atom. The summed E-state index contributed by atoms with van der Waals surface area (Å²) in [6.07, 6.45) is 1.32. The van der Waals surface area contributed by atoms with Crippen LogP contribution in [0.15, 0.2) is 46.3 Å². The van der Waals surface area contributed by atoms with Crippen LogP contribution >= 0.6 is 0 Å². The lowest BCUT2D eigenvalue weighted by atomic mass is 10.1. The van der Waals surface area contributed by atoms with Crippen LogP contribution in [0, 0.1) is 0 Å². The molecule has 0 aliphatic carbocycles. The van der Waals surface area contributed by atoms with E-state index in [1.165, 1.54) is 6.26 Å². The van der Waals surface area contributed by atoms with Gasteiger partial charge in [-0.25, -0.2) is 0 Å². The van der Waals surface area contributed by atoms with Crippen LogP contribution in [0.4, 0.5) is 0 Å². The van der Waals surface area contributed by atoms with Gasteiger partial charge < -0.3 is 9.73 Å². The first-order valence-electron chi connectivity index (χ1n) is 3.96. The zero-order valence-electron chi connectivity index (χ0n) is 7.16. The Balaban J connectivity index is 2.43. The van der Waals surface area contributed by atoms with E-state index in [4.69, 9.17) is 5.21 Å². The lowest BCUT2D eigenvalue weighted by Gasteiger charge is -1.98. The van der Waals surface area contributed by atoms with Gasteiger partial charge in [0.1, 0.15) is 5.71 Å². The highest BCUT2D eigenvalue weighted by molar-refractivity contribution is 6.10. The second-order valence-corrected chi connectivity index (χ2v) is 2.60. The van der Waals surface area contributed by atoms with Crippen molar-refractivity contribution in [2.24, 2.45) is 5.16 Å². The molecule has 0 radical (unpaired) electrons. The molecule has 0 bridgehead atoms. The fraction of sp³-hybridized carbons (Fsp3) is 0. The molecule has 5 heteroatoms. The molecule has 0 aliphatic rings. The Hall–Kier alpha value is -2.17. The van der Waals surface area contributed by atoms with Crippen LogP contribution in [0.5, 0.6) is 0 Å². The molecule has 1 N–H and O–H groups in total. The Morgan fingerprint density at radius 3 is 2.64 bits per heavy atom. The van der Waals surface area contributed by atoms with E-state index in [2.05, 4.69) is 20.0 Å². The van der Waals surface area contributed by atoms with E-state index in [1.54, 1.807) is 0 Å². The largest absolute Gasteiger partial charge is 0.410 e. The number of hydrogen-bond donors (Lipinski definition) is 1. The predicted octanol–water partition coefficient (Wildman–Crippen LogP) is 1.30. The van der Waals surface area contributed by atoms with Crippen LogP contribution in [0.2, 0.25) is 0 Å². The van der Waals surface area contributed by atoms with Crippen molar-refractivity contribution in [2.75, 3.05) is 0 Å². The van der Waals surface area contributed by atoms with Crippen molar-refractivity contribution in [2.45, 2.75) is 0 Å². The SMILES string of the molecule is ON=C(c1ccccc1)c1conn1. The van der Waals surface area contributed by atoms with Gasteiger partial charge in [-0.2, -0.15) is 0 Å². The average molecular weight is 189 g/mol. The molecule has 0 fully saturated rings. The third-order valence-electron chi connectivity index (χ3n) is 1.75. The molecular weight excluding hydrogens is 182 g/mol. The van der Waals surface area contributed by atoms with Gasteiger partial charge >= 0.3 is 0 Å². The van der Waals surface area contributed by atoms with Gasteiger partial charge in [-0.1, -0.05) is 35.5 Å². The third-order valence-corrected chi connectivity index (χ3v) is 1.75. The maximum absolute atomic E-state index is 8.83. The molecule has 0 saturated carbocycles. The normalized spacial score (nSPS) is 11.6. The van der Waals surface area contributed by atoms with Gasteiger partial charge in [-0.05, 0) is 0 Å². The van der Waals surface area contributed by atoms with Crippen molar-refractivity contribution in [3.63, 3.8) is 0 Å². The van der Waals surface area contributed by atoms with Crippen molar-refractivity contribution < 1.29 is 9.73 Å².